The molecular weight excluding hydrogens is 410 g/mol. The van der Waals surface area contributed by atoms with Gasteiger partial charge in [0.2, 0.25) is 11.7 Å². The Bertz CT molecular complexity index is 1380. The minimum Gasteiger partial charge on any atom is -0.413 e. The van der Waals surface area contributed by atoms with E-state index in [1.165, 1.54) is 0 Å². The molecule has 0 saturated carbocycles. The molecule has 31 heavy (non-hydrogen) atoms. The Morgan fingerprint density at radius 3 is 2.55 bits per heavy atom. The summed E-state index contributed by atoms with van der Waals surface area (Å²) in [6, 6.07) is 23.4. The monoisotopic (exact) mass is 427 g/mol. The molecule has 2 heterocycles. The van der Waals surface area contributed by atoms with Crippen LogP contribution < -0.4 is 5.32 Å². The molecule has 2 aromatic heterocycles. The van der Waals surface area contributed by atoms with Gasteiger partial charge in [0.15, 0.2) is 0 Å². The maximum absolute atomic E-state index is 6.30. The zero-order valence-corrected chi connectivity index (χ0v) is 17.5. The molecule has 0 unspecified atom stereocenters. The lowest BCUT2D eigenvalue weighted by Gasteiger charge is -2.10. The van der Waals surface area contributed by atoms with E-state index in [9.17, 15) is 0 Å². The quantitative estimate of drug-likeness (QED) is 0.375. The Morgan fingerprint density at radius 2 is 1.68 bits per heavy atom. The number of aryl methyl sites for hydroxylation is 1. The summed E-state index contributed by atoms with van der Waals surface area (Å²) in [5.41, 5.74) is 3.74. The zero-order valence-electron chi connectivity index (χ0n) is 16.7. The Morgan fingerprint density at radius 1 is 0.871 bits per heavy atom. The molecule has 5 aromatic rings. The smallest absolute Gasteiger partial charge is 0.286 e. The maximum atomic E-state index is 6.30. The lowest BCUT2D eigenvalue weighted by atomic mass is 10.1. The number of nitrogens with one attached hydrogen (secondary N) is 1. The highest BCUT2D eigenvalue weighted by Crippen LogP contribution is 2.27. The third kappa shape index (κ3) is 3.98. The number of hydrogen-bond acceptors (Lipinski definition) is 6. The van der Waals surface area contributed by atoms with Gasteiger partial charge in [-0.1, -0.05) is 59.6 Å². The molecule has 0 saturated heterocycles. The molecule has 152 valence electrons. The molecule has 6 nitrogen and oxygen atoms in total. The van der Waals surface area contributed by atoms with Crippen molar-refractivity contribution >= 4 is 28.3 Å². The summed E-state index contributed by atoms with van der Waals surface area (Å²) in [5.74, 6) is 1.74. The van der Waals surface area contributed by atoms with Crippen molar-refractivity contribution in [3.63, 3.8) is 0 Å². The zero-order chi connectivity index (χ0) is 21.2. The van der Waals surface area contributed by atoms with Crippen LogP contribution in [0.25, 0.3) is 34.1 Å². The van der Waals surface area contributed by atoms with Crippen LogP contribution in [0.4, 0.5) is 5.82 Å². The number of aromatic nitrogens is 4. The number of halogens is 1. The van der Waals surface area contributed by atoms with Crippen molar-refractivity contribution in [1.29, 1.82) is 0 Å². The summed E-state index contributed by atoms with van der Waals surface area (Å²) < 4.78 is 5.90. The molecule has 3 aromatic carbocycles. The van der Waals surface area contributed by atoms with Gasteiger partial charge in [-0.2, -0.15) is 0 Å². The Kier molecular flexibility index (Phi) is 5.06. The topological polar surface area (TPSA) is 76.7 Å². The van der Waals surface area contributed by atoms with Gasteiger partial charge in [-0.05, 0) is 42.8 Å². The lowest BCUT2D eigenvalue weighted by molar-refractivity contribution is 0.579. The van der Waals surface area contributed by atoms with Crippen LogP contribution in [-0.4, -0.2) is 20.2 Å². The second-order valence-electron chi connectivity index (χ2n) is 7.14. The van der Waals surface area contributed by atoms with E-state index in [0.717, 1.165) is 27.6 Å². The highest BCUT2D eigenvalue weighted by molar-refractivity contribution is 6.31. The molecule has 0 bridgehead atoms. The van der Waals surface area contributed by atoms with Crippen molar-refractivity contribution in [2.75, 3.05) is 5.32 Å². The molecule has 0 aliphatic rings. The van der Waals surface area contributed by atoms with Gasteiger partial charge in [0.1, 0.15) is 5.82 Å². The highest BCUT2D eigenvalue weighted by Gasteiger charge is 2.16. The van der Waals surface area contributed by atoms with E-state index in [1.54, 1.807) is 0 Å². The summed E-state index contributed by atoms with van der Waals surface area (Å²) in [6.07, 6.45) is 0. The van der Waals surface area contributed by atoms with Gasteiger partial charge in [0.25, 0.3) is 5.89 Å². The largest absolute Gasteiger partial charge is 0.413 e. The van der Waals surface area contributed by atoms with E-state index in [1.807, 2.05) is 79.7 Å². The fourth-order valence-corrected chi connectivity index (χ4v) is 3.54. The maximum Gasteiger partial charge on any atom is 0.286 e. The van der Waals surface area contributed by atoms with E-state index < -0.39 is 0 Å². The molecule has 0 amide bonds. The van der Waals surface area contributed by atoms with Crippen LogP contribution in [0.15, 0.2) is 77.2 Å². The Labute approximate surface area is 184 Å². The van der Waals surface area contributed by atoms with Gasteiger partial charge in [0, 0.05) is 22.5 Å². The van der Waals surface area contributed by atoms with Crippen LogP contribution in [-0.2, 0) is 6.54 Å². The first-order chi connectivity index (χ1) is 15.2. The van der Waals surface area contributed by atoms with Crippen LogP contribution in [0, 0.1) is 6.92 Å². The average molecular weight is 428 g/mol. The van der Waals surface area contributed by atoms with Crippen molar-refractivity contribution < 1.29 is 4.42 Å². The Hall–Kier alpha value is -3.77. The normalized spacial score (nSPS) is 11.0. The van der Waals surface area contributed by atoms with Crippen molar-refractivity contribution in [2.45, 2.75) is 13.5 Å². The third-order valence-corrected chi connectivity index (χ3v) is 5.26. The van der Waals surface area contributed by atoms with Crippen molar-refractivity contribution in [3.8, 4) is 23.2 Å². The summed E-state index contributed by atoms with van der Waals surface area (Å²) in [4.78, 5) is 9.31. The summed E-state index contributed by atoms with van der Waals surface area (Å²) in [7, 11) is 0. The molecule has 7 heteroatoms. The lowest BCUT2D eigenvalue weighted by Crippen LogP contribution is -2.04. The van der Waals surface area contributed by atoms with Crippen LogP contribution in [0.5, 0.6) is 0 Å². The average Bonchev–Trinajstić information content (AvgIpc) is 3.29. The van der Waals surface area contributed by atoms with Gasteiger partial charge in [-0.15, -0.1) is 10.2 Å². The summed E-state index contributed by atoms with van der Waals surface area (Å²) >= 11 is 6.30. The van der Waals surface area contributed by atoms with Gasteiger partial charge in [-0.25, -0.2) is 9.97 Å². The molecule has 0 fully saturated rings. The first kappa shape index (κ1) is 19.2. The fourth-order valence-electron chi connectivity index (χ4n) is 3.34. The van der Waals surface area contributed by atoms with Gasteiger partial charge in [0.05, 0.1) is 5.52 Å². The number of rotatable bonds is 5. The van der Waals surface area contributed by atoms with E-state index in [2.05, 4.69) is 25.5 Å². The first-order valence-corrected chi connectivity index (χ1v) is 10.2. The second-order valence-corrected chi connectivity index (χ2v) is 7.55. The number of para-hydroxylation sites is 1. The van der Waals surface area contributed by atoms with Crippen LogP contribution in [0.1, 0.15) is 11.1 Å². The summed E-state index contributed by atoms with van der Waals surface area (Å²) in [5, 5.41) is 13.3. The molecule has 1 N–H and O–H groups in total. The van der Waals surface area contributed by atoms with E-state index >= 15 is 0 Å². The minimum absolute atomic E-state index is 0.267. The van der Waals surface area contributed by atoms with Gasteiger partial charge < -0.3 is 9.73 Å². The van der Waals surface area contributed by atoms with Crippen LogP contribution in [0.2, 0.25) is 5.02 Å². The Balaban J connectivity index is 1.52. The molecule has 0 aliphatic carbocycles. The molecule has 0 atom stereocenters. The van der Waals surface area contributed by atoms with Gasteiger partial charge >= 0.3 is 0 Å². The van der Waals surface area contributed by atoms with Crippen LogP contribution >= 0.6 is 11.6 Å². The first-order valence-electron chi connectivity index (χ1n) is 9.82. The highest BCUT2D eigenvalue weighted by atomic mass is 35.5. The van der Waals surface area contributed by atoms with Gasteiger partial charge in [-0.3, -0.25) is 0 Å². The predicted molar refractivity (Wildman–Crippen MR) is 122 cm³/mol. The third-order valence-electron chi connectivity index (χ3n) is 4.89. The van der Waals surface area contributed by atoms with Crippen molar-refractivity contribution in [2.24, 2.45) is 0 Å². The fraction of sp³-hybridized carbons (Fsp3) is 0.0833. The molecule has 5 rings (SSSR count). The number of fused-ring (bicyclic) bond motifs is 1. The number of benzene rings is 3. The molecule has 0 spiro atoms. The number of anilines is 1. The second kappa shape index (κ2) is 8.16. The van der Waals surface area contributed by atoms with Crippen LogP contribution in [0.3, 0.4) is 0 Å². The molecule has 0 radical (unpaired) electrons. The number of nitrogens with zero attached hydrogens (tertiary/aromatic N) is 4. The van der Waals surface area contributed by atoms with Crippen molar-refractivity contribution in [1.82, 2.24) is 20.2 Å². The standard InChI is InChI=1S/C24H18ClN5O/c1-15-7-6-9-16(13-15)23-29-30-24(31-23)22-27-20-12-5-3-10-18(20)21(28-22)26-14-17-8-2-4-11-19(17)25/h2-13H,14H2,1H3,(H,26,27,28). The van der Waals surface area contributed by atoms with E-state index in [-0.39, 0.29) is 5.89 Å². The SMILES string of the molecule is Cc1cccc(-c2nnc(-c3nc(NCc4ccccc4Cl)c4ccccc4n3)o2)c1. The minimum atomic E-state index is 0.267. The van der Waals surface area contributed by atoms with E-state index in [4.69, 9.17) is 16.0 Å². The summed E-state index contributed by atoms with van der Waals surface area (Å²) in [6.45, 7) is 2.54. The molecule has 0 aliphatic heterocycles. The molecular formula is C24H18ClN5O. The van der Waals surface area contributed by atoms with E-state index in [0.29, 0.717) is 29.1 Å². The number of hydrogen-bond donors (Lipinski definition) is 1. The predicted octanol–water partition coefficient (Wildman–Crippen LogP) is 5.92. The van der Waals surface area contributed by atoms with Crippen molar-refractivity contribution in [3.05, 3.63) is 88.9 Å².